The normalized spacial score (nSPS) is 17.2. The first-order chi connectivity index (χ1) is 26.8. The second-order valence-electron chi connectivity index (χ2n) is 16.9. The summed E-state index contributed by atoms with van der Waals surface area (Å²) in [5.41, 5.74) is 20.7. The summed E-state index contributed by atoms with van der Waals surface area (Å²) in [6.07, 6.45) is 5.33. The Kier molecular flexibility index (Phi) is 12.5. The zero-order chi connectivity index (χ0) is 39.6. The van der Waals surface area contributed by atoms with E-state index in [9.17, 15) is 0 Å². The van der Waals surface area contributed by atoms with E-state index in [2.05, 4.69) is 182 Å². The summed E-state index contributed by atoms with van der Waals surface area (Å²) in [6, 6.07) is 47.1. The van der Waals surface area contributed by atoms with Crippen LogP contribution in [0.3, 0.4) is 0 Å². The largest absolute Gasteiger partial charge is 0.323 e. The Hall–Kier alpha value is -3.90. The topological polar surface area (TPSA) is 38.0 Å². The van der Waals surface area contributed by atoms with E-state index in [1.165, 1.54) is 100 Å². The molecule has 2 atom stereocenters. The van der Waals surface area contributed by atoms with Gasteiger partial charge in [0.15, 0.2) is 0 Å². The van der Waals surface area contributed by atoms with Gasteiger partial charge in [0, 0.05) is 18.1 Å². The van der Waals surface area contributed by atoms with Crippen LogP contribution in [0.5, 0.6) is 0 Å². The molecular weight excluding hydrogens is 715 g/mol. The Morgan fingerprint density at radius 1 is 0.500 bits per heavy atom. The number of nitrogens with two attached hydrogens (primary N) is 1. The highest BCUT2D eigenvalue weighted by molar-refractivity contribution is 7.80. The second-order valence-corrected chi connectivity index (χ2v) is 21.3. The van der Waals surface area contributed by atoms with Crippen LogP contribution in [-0.2, 0) is 13.0 Å². The van der Waals surface area contributed by atoms with E-state index in [1.807, 2.05) is 0 Å². The van der Waals surface area contributed by atoms with Crippen molar-refractivity contribution in [1.29, 1.82) is 0 Å². The highest BCUT2D eigenvalue weighted by Gasteiger charge is 2.38. The lowest BCUT2D eigenvalue weighted by atomic mass is 9.74. The molecule has 1 aliphatic carbocycles. The molecule has 1 aliphatic rings. The summed E-state index contributed by atoms with van der Waals surface area (Å²) in [4.78, 5) is 0. The van der Waals surface area contributed by atoms with E-state index in [1.54, 1.807) is 0 Å². The molecule has 0 spiro atoms. The van der Waals surface area contributed by atoms with Gasteiger partial charge >= 0.3 is 0 Å². The van der Waals surface area contributed by atoms with Crippen LogP contribution in [0.25, 0.3) is 0 Å². The Labute approximate surface area is 339 Å². The summed E-state index contributed by atoms with van der Waals surface area (Å²) in [5.74, 6) is 0. The van der Waals surface area contributed by atoms with Crippen LogP contribution >= 0.6 is 15.8 Å². The van der Waals surface area contributed by atoms with Crippen molar-refractivity contribution in [2.45, 2.75) is 106 Å². The van der Waals surface area contributed by atoms with Gasteiger partial charge in [0.2, 0.25) is 0 Å². The van der Waals surface area contributed by atoms with Crippen LogP contribution in [0.1, 0.15) is 81.3 Å². The zero-order valence-corrected chi connectivity index (χ0v) is 36.6. The standard InChI is InChI=1S/C52H60N2P2/c1-35-21-36(2)26-45(25-35)55(46-27-37(3)22-38(4)28-46)49-17-11-9-15-43(49)33-52(53)20-14-13-19-51(52)54-34-44-16-10-12-18-50(44)56(47-29-39(5)23-40(6)30-47)48-31-41(7)24-42(8)32-48/h9-12,15-18,21-32,51,54H,13-14,19-20,33-34,53H2,1-8H3. The molecule has 7 rings (SSSR count). The predicted octanol–water partition coefficient (Wildman–Crippen LogP) is 9.64. The Balaban J connectivity index is 1.23. The molecule has 1 saturated carbocycles. The van der Waals surface area contributed by atoms with E-state index < -0.39 is 15.8 Å². The molecule has 6 aromatic carbocycles. The van der Waals surface area contributed by atoms with Crippen LogP contribution in [0.15, 0.2) is 121 Å². The third kappa shape index (κ3) is 9.28. The molecule has 3 N–H and O–H groups in total. The number of aryl methyl sites for hydroxylation is 8. The first-order valence-electron chi connectivity index (χ1n) is 20.5. The maximum absolute atomic E-state index is 7.74. The van der Waals surface area contributed by atoms with Crippen LogP contribution < -0.4 is 42.9 Å². The van der Waals surface area contributed by atoms with Crippen molar-refractivity contribution >= 4 is 47.7 Å². The van der Waals surface area contributed by atoms with Gasteiger partial charge in [-0.1, -0.05) is 179 Å². The minimum Gasteiger partial charge on any atom is -0.323 e. The monoisotopic (exact) mass is 774 g/mol. The summed E-state index contributed by atoms with van der Waals surface area (Å²) in [6.45, 7) is 18.6. The molecule has 2 nitrogen and oxygen atoms in total. The number of hydrogen-bond donors (Lipinski definition) is 2. The molecule has 6 aromatic rings. The summed E-state index contributed by atoms with van der Waals surface area (Å²) < 4.78 is 0. The van der Waals surface area contributed by atoms with Gasteiger partial charge in [-0.15, -0.1) is 0 Å². The molecule has 0 bridgehead atoms. The van der Waals surface area contributed by atoms with Gasteiger partial charge in [0.25, 0.3) is 0 Å². The predicted molar refractivity (Wildman–Crippen MR) is 248 cm³/mol. The van der Waals surface area contributed by atoms with Gasteiger partial charge in [-0.25, -0.2) is 0 Å². The molecule has 288 valence electrons. The van der Waals surface area contributed by atoms with Gasteiger partial charge in [-0.2, -0.15) is 0 Å². The van der Waals surface area contributed by atoms with Crippen LogP contribution in [0.2, 0.25) is 0 Å². The average molecular weight is 775 g/mol. The highest BCUT2D eigenvalue weighted by atomic mass is 31.1. The smallest absolute Gasteiger partial charge is 0.0351 e. The Morgan fingerprint density at radius 3 is 1.27 bits per heavy atom. The first kappa shape index (κ1) is 40.3. The van der Waals surface area contributed by atoms with E-state index in [0.717, 1.165) is 25.8 Å². The second kappa shape index (κ2) is 17.3. The number of rotatable bonds is 11. The van der Waals surface area contributed by atoms with Crippen molar-refractivity contribution in [1.82, 2.24) is 5.32 Å². The third-order valence-electron chi connectivity index (χ3n) is 11.5. The molecule has 0 amide bonds. The third-order valence-corrected chi connectivity index (χ3v) is 16.4. The number of hydrogen-bond acceptors (Lipinski definition) is 2. The number of benzene rings is 6. The number of nitrogens with one attached hydrogen (secondary N) is 1. The quantitative estimate of drug-likeness (QED) is 0.129. The maximum Gasteiger partial charge on any atom is 0.0351 e. The SMILES string of the molecule is Cc1cc(C)cc(P(c2cc(C)cc(C)c2)c2ccccc2CNC2CCCCC2(N)Cc2ccccc2P(c2cc(C)cc(C)c2)c2cc(C)cc(C)c2)c1. The molecule has 0 heterocycles. The van der Waals surface area contributed by atoms with Gasteiger partial charge in [-0.3, -0.25) is 0 Å². The van der Waals surface area contributed by atoms with Gasteiger partial charge in [0.05, 0.1) is 0 Å². The van der Waals surface area contributed by atoms with Crippen molar-refractivity contribution in [2.24, 2.45) is 5.73 Å². The molecule has 0 saturated heterocycles. The summed E-state index contributed by atoms with van der Waals surface area (Å²) in [7, 11) is -1.54. The van der Waals surface area contributed by atoms with E-state index >= 15 is 0 Å². The summed E-state index contributed by atoms with van der Waals surface area (Å²) >= 11 is 0. The molecular formula is C52H60N2P2. The lowest BCUT2D eigenvalue weighted by molar-refractivity contribution is 0.213. The van der Waals surface area contributed by atoms with Gasteiger partial charge in [-0.05, 0) is 133 Å². The van der Waals surface area contributed by atoms with Crippen LogP contribution in [0, 0.1) is 55.4 Å². The fourth-order valence-corrected chi connectivity index (χ4v) is 15.0. The van der Waals surface area contributed by atoms with E-state index in [4.69, 9.17) is 5.73 Å². The molecule has 1 fully saturated rings. The molecule has 2 unspecified atom stereocenters. The molecule has 56 heavy (non-hydrogen) atoms. The van der Waals surface area contributed by atoms with Crippen molar-refractivity contribution < 1.29 is 0 Å². The Bertz CT molecular complexity index is 2160. The lowest BCUT2D eigenvalue weighted by Gasteiger charge is -2.43. The highest BCUT2D eigenvalue weighted by Crippen LogP contribution is 2.39. The maximum atomic E-state index is 7.74. The van der Waals surface area contributed by atoms with Gasteiger partial charge in [0.1, 0.15) is 0 Å². The van der Waals surface area contributed by atoms with Crippen molar-refractivity contribution in [3.63, 3.8) is 0 Å². The van der Waals surface area contributed by atoms with Crippen LogP contribution in [-0.4, -0.2) is 11.6 Å². The average Bonchev–Trinajstić information content (AvgIpc) is 3.11. The molecule has 0 radical (unpaired) electrons. The van der Waals surface area contributed by atoms with E-state index in [-0.39, 0.29) is 11.6 Å². The van der Waals surface area contributed by atoms with Gasteiger partial charge < -0.3 is 11.1 Å². The Morgan fingerprint density at radius 2 is 0.857 bits per heavy atom. The minimum atomic E-state index is -0.779. The zero-order valence-electron chi connectivity index (χ0n) is 34.8. The fourth-order valence-electron chi connectivity index (χ4n) is 9.30. The van der Waals surface area contributed by atoms with Crippen molar-refractivity contribution in [2.75, 3.05) is 0 Å². The van der Waals surface area contributed by atoms with Crippen molar-refractivity contribution in [3.8, 4) is 0 Å². The molecule has 4 heteroatoms. The van der Waals surface area contributed by atoms with Crippen molar-refractivity contribution in [3.05, 3.63) is 177 Å². The molecule has 0 aliphatic heterocycles. The van der Waals surface area contributed by atoms with E-state index in [0.29, 0.717) is 0 Å². The minimum absolute atomic E-state index is 0.208. The molecule has 0 aromatic heterocycles. The lowest BCUT2D eigenvalue weighted by Crippen LogP contribution is -2.60. The van der Waals surface area contributed by atoms with Crippen LogP contribution in [0.4, 0.5) is 0 Å². The fraction of sp³-hybridized carbons (Fsp3) is 0.308. The first-order valence-corrected chi connectivity index (χ1v) is 23.1. The summed E-state index contributed by atoms with van der Waals surface area (Å²) in [5, 5.41) is 12.7.